The van der Waals surface area contributed by atoms with Crippen molar-refractivity contribution in [2.75, 3.05) is 6.54 Å². The van der Waals surface area contributed by atoms with Gasteiger partial charge in [0.05, 0.1) is 6.54 Å². The third-order valence-electron chi connectivity index (χ3n) is 2.23. The van der Waals surface area contributed by atoms with E-state index in [1.165, 1.54) is 0 Å². The van der Waals surface area contributed by atoms with Crippen molar-refractivity contribution in [3.05, 3.63) is 29.3 Å². The Hall–Kier alpha value is -1.16. The average Bonchev–Trinajstić information content (AvgIpc) is 2.14. The number of rotatable bonds is 4. The molecule has 0 aliphatic carbocycles. The molecular formula is C11H15F2NO. The number of hydrogen-bond donors (Lipinski definition) is 2. The highest BCUT2D eigenvalue weighted by atomic mass is 19.3. The van der Waals surface area contributed by atoms with Gasteiger partial charge < -0.3 is 10.4 Å². The molecule has 0 fully saturated rings. The predicted molar refractivity (Wildman–Crippen MR) is 55.3 cm³/mol. The highest BCUT2D eigenvalue weighted by molar-refractivity contribution is 5.37. The van der Waals surface area contributed by atoms with Gasteiger partial charge in [-0.05, 0) is 25.5 Å². The Morgan fingerprint density at radius 1 is 1.40 bits per heavy atom. The molecule has 0 aromatic heterocycles. The maximum atomic E-state index is 12.0. The molecule has 0 aliphatic rings. The maximum Gasteiger partial charge on any atom is 0.250 e. The quantitative estimate of drug-likeness (QED) is 0.809. The van der Waals surface area contributed by atoms with Crippen molar-refractivity contribution in [1.82, 2.24) is 5.32 Å². The number of nitrogens with one attached hydrogen (secondary N) is 1. The molecule has 15 heavy (non-hydrogen) atoms. The van der Waals surface area contributed by atoms with Gasteiger partial charge in [-0.1, -0.05) is 12.1 Å². The molecule has 0 bridgehead atoms. The van der Waals surface area contributed by atoms with Crippen LogP contribution in [-0.2, 0) is 0 Å². The van der Waals surface area contributed by atoms with Gasteiger partial charge in [-0.25, -0.2) is 8.78 Å². The fourth-order valence-electron chi connectivity index (χ4n) is 1.40. The first-order chi connectivity index (χ1) is 7.00. The topological polar surface area (TPSA) is 32.3 Å². The molecule has 0 radical (unpaired) electrons. The highest BCUT2D eigenvalue weighted by Gasteiger charge is 2.11. The number of benzene rings is 1. The Morgan fingerprint density at radius 3 is 2.60 bits per heavy atom. The lowest BCUT2D eigenvalue weighted by atomic mass is 10.1. The number of halogens is 2. The summed E-state index contributed by atoms with van der Waals surface area (Å²) in [5, 5.41) is 12.2. The van der Waals surface area contributed by atoms with E-state index in [0.717, 1.165) is 5.56 Å². The van der Waals surface area contributed by atoms with Crippen LogP contribution < -0.4 is 5.32 Å². The number of phenols is 1. The van der Waals surface area contributed by atoms with Crippen molar-refractivity contribution in [3.63, 3.8) is 0 Å². The monoisotopic (exact) mass is 215 g/mol. The standard InChI is InChI=1S/C11H15F2NO/c1-7-3-4-9(10(15)5-7)8(2)14-6-11(12)13/h3-5,8,11,14-15H,6H2,1-2H3. The molecule has 0 spiro atoms. The molecule has 0 saturated carbocycles. The molecule has 84 valence electrons. The molecule has 0 amide bonds. The van der Waals surface area contributed by atoms with E-state index in [2.05, 4.69) is 5.32 Å². The first kappa shape index (κ1) is 11.9. The van der Waals surface area contributed by atoms with Crippen LogP contribution in [0.5, 0.6) is 5.75 Å². The van der Waals surface area contributed by atoms with Gasteiger partial charge in [0.15, 0.2) is 0 Å². The third kappa shape index (κ3) is 3.47. The largest absolute Gasteiger partial charge is 0.508 e. The van der Waals surface area contributed by atoms with Crippen LogP contribution in [0.3, 0.4) is 0 Å². The average molecular weight is 215 g/mol. The minimum absolute atomic E-state index is 0.143. The Bertz CT molecular complexity index is 328. The van der Waals surface area contributed by atoms with Crippen molar-refractivity contribution in [1.29, 1.82) is 0 Å². The lowest BCUT2D eigenvalue weighted by Crippen LogP contribution is -2.24. The second-order valence-corrected chi connectivity index (χ2v) is 3.58. The Kier molecular flexibility index (Phi) is 4.03. The minimum atomic E-state index is -2.37. The first-order valence-corrected chi connectivity index (χ1v) is 4.81. The van der Waals surface area contributed by atoms with E-state index in [9.17, 15) is 13.9 Å². The van der Waals surface area contributed by atoms with Gasteiger partial charge in [-0.15, -0.1) is 0 Å². The van der Waals surface area contributed by atoms with Crippen LogP contribution >= 0.6 is 0 Å². The SMILES string of the molecule is Cc1ccc(C(C)NCC(F)F)c(O)c1. The van der Waals surface area contributed by atoms with Gasteiger partial charge in [0.2, 0.25) is 0 Å². The molecule has 1 aromatic carbocycles. The van der Waals surface area contributed by atoms with Gasteiger partial charge in [-0.2, -0.15) is 0 Å². The maximum absolute atomic E-state index is 12.0. The fourth-order valence-corrected chi connectivity index (χ4v) is 1.40. The highest BCUT2D eigenvalue weighted by Crippen LogP contribution is 2.24. The zero-order valence-corrected chi connectivity index (χ0v) is 8.80. The van der Waals surface area contributed by atoms with Crippen molar-refractivity contribution >= 4 is 0 Å². The fraction of sp³-hybridized carbons (Fsp3) is 0.455. The molecule has 1 atom stereocenters. The number of aryl methyl sites for hydroxylation is 1. The third-order valence-corrected chi connectivity index (χ3v) is 2.23. The van der Waals surface area contributed by atoms with E-state index in [4.69, 9.17) is 0 Å². The van der Waals surface area contributed by atoms with Crippen LogP contribution in [0.2, 0.25) is 0 Å². The summed E-state index contributed by atoms with van der Waals surface area (Å²) in [6, 6.07) is 4.93. The summed E-state index contributed by atoms with van der Waals surface area (Å²) >= 11 is 0. The van der Waals surface area contributed by atoms with Gasteiger partial charge in [0.25, 0.3) is 6.43 Å². The molecule has 4 heteroatoms. The van der Waals surface area contributed by atoms with Gasteiger partial charge in [0, 0.05) is 11.6 Å². The van der Waals surface area contributed by atoms with E-state index in [-0.39, 0.29) is 18.3 Å². The molecule has 0 heterocycles. The van der Waals surface area contributed by atoms with Crippen LogP contribution in [0.4, 0.5) is 8.78 Å². The van der Waals surface area contributed by atoms with Gasteiger partial charge in [0.1, 0.15) is 5.75 Å². The van der Waals surface area contributed by atoms with Crippen LogP contribution in [-0.4, -0.2) is 18.1 Å². The van der Waals surface area contributed by atoms with E-state index in [1.807, 2.05) is 13.0 Å². The predicted octanol–water partition coefficient (Wildman–Crippen LogP) is 2.62. The van der Waals surface area contributed by atoms with Crippen LogP contribution in [0, 0.1) is 6.92 Å². The summed E-state index contributed by atoms with van der Waals surface area (Å²) in [6.07, 6.45) is -2.37. The molecule has 1 rings (SSSR count). The molecule has 1 aromatic rings. The number of alkyl halides is 2. The summed E-state index contributed by atoms with van der Waals surface area (Å²) in [7, 11) is 0. The van der Waals surface area contributed by atoms with Crippen molar-refractivity contribution in [2.24, 2.45) is 0 Å². The lowest BCUT2D eigenvalue weighted by Gasteiger charge is -2.15. The number of phenolic OH excluding ortho intramolecular Hbond substituents is 1. The molecule has 2 nitrogen and oxygen atoms in total. The second-order valence-electron chi connectivity index (χ2n) is 3.58. The number of hydrogen-bond acceptors (Lipinski definition) is 2. The van der Waals surface area contributed by atoms with Crippen molar-refractivity contribution in [3.8, 4) is 5.75 Å². The van der Waals surface area contributed by atoms with Gasteiger partial charge >= 0.3 is 0 Å². The van der Waals surface area contributed by atoms with Crippen LogP contribution in [0.25, 0.3) is 0 Å². The summed E-state index contributed by atoms with van der Waals surface area (Å²) in [5.41, 5.74) is 1.58. The Morgan fingerprint density at radius 2 is 2.07 bits per heavy atom. The molecule has 0 saturated heterocycles. The molecular weight excluding hydrogens is 200 g/mol. The van der Waals surface area contributed by atoms with Crippen molar-refractivity contribution in [2.45, 2.75) is 26.3 Å². The smallest absolute Gasteiger partial charge is 0.250 e. The van der Waals surface area contributed by atoms with E-state index in [0.29, 0.717) is 5.56 Å². The van der Waals surface area contributed by atoms with Crippen molar-refractivity contribution < 1.29 is 13.9 Å². The number of aromatic hydroxyl groups is 1. The Labute approximate surface area is 87.9 Å². The van der Waals surface area contributed by atoms with E-state index in [1.54, 1.807) is 19.1 Å². The first-order valence-electron chi connectivity index (χ1n) is 4.81. The van der Waals surface area contributed by atoms with Crippen LogP contribution in [0.1, 0.15) is 24.1 Å². The molecule has 2 N–H and O–H groups in total. The van der Waals surface area contributed by atoms with E-state index >= 15 is 0 Å². The van der Waals surface area contributed by atoms with Crippen LogP contribution in [0.15, 0.2) is 18.2 Å². The normalized spacial score (nSPS) is 13.1. The Balaban J connectivity index is 2.69. The van der Waals surface area contributed by atoms with Gasteiger partial charge in [-0.3, -0.25) is 0 Å². The molecule has 1 unspecified atom stereocenters. The zero-order chi connectivity index (χ0) is 11.4. The zero-order valence-electron chi connectivity index (χ0n) is 8.80. The summed E-state index contributed by atoms with van der Waals surface area (Å²) in [6.45, 7) is 3.24. The summed E-state index contributed by atoms with van der Waals surface area (Å²) in [5.74, 6) is 0.143. The minimum Gasteiger partial charge on any atom is -0.508 e. The second kappa shape index (κ2) is 5.07. The summed E-state index contributed by atoms with van der Waals surface area (Å²) < 4.78 is 23.9. The summed E-state index contributed by atoms with van der Waals surface area (Å²) in [4.78, 5) is 0. The lowest BCUT2D eigenvalue weighted by molar-refractivity contribution is 0.142. The van der Waals surface area contributed by atoms with E-state index < -0.39 is 6.43 Å². The molecule has 0 aliphatic heterocycles.